The molecule has 3 heteroatoms. The molecule has 1 atom stereocenters. The largest absolute Gasteiger partial charge is 0.314 e. The van der Waals surface area contributed by atoms with Gasteiger partial charge in [0.2, 0.25) is 0 Å². The Morgan fingerprint density at radius 2 is 2.25 bits per heavy atom. The van der Waals surface area contributed by atoms with Gasteiger partial charge in [0.1, 0.15) is 5.82 Å². The minimum absolute atomic E-state index is 0.141. The van der Waals surface area contributed by atoms with E-state index in [2.05, 4.69) is 18.5 Å². The van der Waals surface area contributed by atoms with E-state index in [0.717, 1.165) is 30.7 Å². The lowest BCUT2D eigenvalue weighted by Gasteiger charge is -2.17. The van der Waals surface area contributed by atoms with Gasteiger partial charge >= 0.3 is 0 Å². The Kier molecular flexibility index (Phi) is 6.50. The third kappa shape index (κ3) is 4.99. The van der Waals surface area contributed by atoms with Crippen LogP contribution in [0.2, 0.25) is 0 Å². The van der Waals surface area contributed by atoms with Crippen LogP contribution in [-0.4, -0.2) is 24.6 Å². The molecular formula is C13H20FNS. The van der Waals surface area contributed by atoms with E-state index >= 15 is 0 Å². The van der Waals surface area contributed by atoms with Gasteiger partial charge < -0.3 is 5.32 Å². The van der Waals surface area contributed by atoms with E-state index in [1.165, 1.54) is 6.07 Å². The number of hydrogen-bond donors (Lipinski definition) is 1. The van der Waals surface area contributed by atoms with Crippen molar-refractivity contribution in [2.24, 2.45) is 0 Å². The van der Waals surface area contributed by atoms with Gasteiger partial charge in [0, 0.05) is 6.04 Å². The van der Waals surface area contributed by atoms with Crippen molar-refractivity contribution in [2.75, 3.05) is 18.6 Å². The molecule has 0 bridgehead atoms. The van der Waals surface area contributed by atoms with Gasteiger partial charge in [-0.15, -0.1) is 0 Å². The lowest BCUT2D eigenvalue weighted by atomic mass is 10.0. The van der Waals surface area contributed by atoms with Crippen molar-refractivity contribution in [3.63, 3.8) is 0 Å². The van der Waals surface area contributed by atoms with Gasteiger partial charge in [-0.1, -0.05) is 19.1 Å². The molecule has 1 aromatic rings. The van der Waals surface area contributed by atoms with Crippen molar-refractivity contribution in [2.45, 2.75) is 25.8 Å². The molecule has 1 N–H and O–H groups in total. The minimum atomic E-state index is -0.141. The number of hydrogen-bond acceptors (Lipinski definition) is 2. The lowest BCUT2D eigenvalue weighted by Crippen LogP contribution is -2.31. The van der Waals surface area contributed by atoms with E-state index in [0.29, 0.717) is 6.04 Å². The number of thioether (sulfide) groups is 1. The Morgan fingerprint density at radius 1 is 1.44 bits per heavy atom. The highest BCUT2D eigenvalue weighted by Crippen LogP contribution is 2.10. The Hall–Kier alpha value is -0.540. The van der Waals surface area contributed by atoms with Crippen molar-refractivity contribution >= 4 is 11.8 Å². The second-order valence-electron chi connectivity index (χ2n) is 3.87. The first-order chi connectivity index (χ1) is 7.76. The quantitative estimate of drug-likeness (QED) is 0.787. The summed E-state index contributed by atoms with van der Waals surface area (Å²) in [5.41, 5.74) is 1.08. The molecule has 90 valence electrons. The maximum atomic E-state index is 13.0. The number of rotatable bonds is 7. The highest BCUT2D eigenvalue weighted by atomic mass is 32.2. The van der Waals surface area contributed by atoms with Gasteiger partial charge in [-0.2, -0.15) is 11.8 Å². The van der Waals surface area contributed by atoms with Crippen LogP contribution in [0.4, 0.5) is 4.39 Å². The molecule has 1 aromatic carbocycles. The van der Waals surface area contributed by atoms with Crippen molar-refractivity contribution in [3.05, 3.63) is 35.6 Å². The minimum Gasteiger partial charge on any atom is -0.314 e. The topological polar surface area (TPSA) is 12.0 Å². The molecule has 1 rings (SSSR count). The Balaban J connectivity index is 2.52. The molecule has 16 heavy (non-hydrogen) atoms. The zero-order valence-corrected chi connectivity index (χ0v) is 10.8. The predicted molar refractivity (Wildman–Crippen MR) is 70.6 cm³/mol. The van der Waals surface area contributed by atoms with Crippen molar-refractivity contribution < 1.29 is 4.39 Å². The molecule has 0 heterocycles. The summed E-state index contributed by atoms with van der Waals surface area (Å²) in [4.78, 5) is 0. The van der Waals surface area contributed by atoms with Gasteiger partial charge in [-0.3, -0.25) is 0 Å². The van der Waals surface area contributed by atoms with Gasteiger partial charge in [-0.25, -0.2) is 4.39 Å². The van der Waals surface area contributed by atoms with E-state index in [9.17, 15) is 4.39 Å². The summed E-state index contributed by atoms with van der Waals surface area (Å²) < 4.78 is 13.0. The molecule has 0 spiro atoms. The van der Waals surface area contributed by atoms with Crippen LogP contribution in [0.15, 0.2) is 24.3 Å². The summed E-state index contributed by atoms with van der Waals surface area (Å²) in [5, 5.41) is 3.45. The first-order valence-electron chi connectivity index (χ1n) is 5.73. The number of benzene rings is 1. The van der Waals surface area contributed by atoms with Crippen molar-refractivity contribution in [1.82, 2.24) is 5.32 Å². The second kappa shape index (κ2) is 7.69. The summed E-state index contributed by atoms with van der Waals surface area (Å²) in [5.74, 6) is 1.00. The Morgan fingerprint density at radius 3 is 2.88 bits per heavy atom. The molecule has 0 saturated carbocycles. The highest BCUT2D eigenvalue weighted by Gasteiger charge is 2.08. The van der Waals surface area contributed by atoms with Crippen molar-refractivity contribution in [3.8, 4) is 0 Å². The van der Waals surface area contributed by atoms with Crippen LogP contribution in [0.5, 0.6) is 0 Å². The molecule has 0 aliphatic carbocycles. The molecule has 1 unspecified atom stereocenters. The summed E-state index contributed by atoms with van der Waals surface area (Å²) in [6.45, 7) is 3.08. The third-order valence-electron chi connectivity index (χ3n) is 2.53. The SMILES string of the molecule is CCNC(CCSC)Cc1cccc(F)c1. The van der Waals surface area contributed by atoms with E-state index in [-0.39, 0.29) is 5.82 Å². The van der Waals surface area contributed by atoms with Crippen LogP contribution < -0.4 is 5.32 Å². The molecule has 0 aliphatic heterocycles. The van der Waals surface area contributed by atoms with Gasteiger partial charge in [0.25, 0.3) is 0 Å². The molecule has 0 aromatic heterocycles. The smallest absolute Gasteiger partial charge is 0.123 e. The van der Waals surface area contributed by atoms with Gasteiger partial charge in [0.15, 0.2) is 0 Å². The predicted octanol–water partition coefficient (Wildman–Crippen LogP) is 3.10. The first kappa shape index (κ1) is 13.5. The van der Waals surface area contributed by atoms with E-state index < -0.39 is 0 Å². The van der Waals surface area contributed by atoms with Gasteiger partial charge in [-0.05, 0) is 49.1 Å². The highest BCUT2D eigenvalue weighted by molar-refractivity contribution is 7.98. The standard InChI is InChI=1S/C13H20FNS/c1-3-15-13(7-8-16-2)10-11-5-4-6-12(14)9-11/h4-6,9,13,15H,3,7-8,10H2,1-2H3. The monoisotopic (exact) mass is 241 g/mol. The van der Waals surface area contributed by atoms with Crippen LogP contribution in [0.1, 0.15) is 18.9 Å². The molecule has 0 aliphatic rings. The maximum Gasteiger partial charge on any atom is 0.123 e. The molecule has 0 fully saturated rings. The van der Waals surface area contributed by atoms with Crippen LogP contribution >= 0.6 is 11.8 Å². The van der Waals surface area contributed by atoms with Crippen molar-refractivity contribution in [1.29, 1.82) is 0 Å². The van der Waals surface area contributed by atoms with Crippen LogP contribution in [-0.2, 0) is 6.42 Å². The second-order valence-corrected chi connectivity index (χ2v) is 4.86. The Labute approximate surface area is 102 Å². The zero-order valence-electron chi connectivity index (χ0n) is 10.0. The molecular weight excluding hydrogens is 221 g/mol. The van der Waals surface area contributed by atoms with Crippen LogP contribution in [0, 0.1) is 5.82 Å². The van der Waals surface area contributed by atoms with E-state index in [1.54, 1.807) is 12.1 Å². The number of halogens is 1. The first-order valence-corrected chi connectivity index (χ1v) is 7.12. The molecule has 1 nitrogen and oxygen atoms in total. The van der Waals surface area contributed by atoms with E-state index in [1.807, 2.05) is 17.8 Å². The number of nitrogens with one attached hydrogen (secondary N) is 1. The summed E-state index contributed by atoms with van der Waals surface area (Å²) >= 11 is 1.86. The van der Waals surface area contributed by atoms with Gasteiger partial charge in [0.05, 0.1) is 0 Å². The van der Waals surface area contributed by atoms with Crippen LogP contribution in [0.25, 0.3) is 0 Å². The Bertz CT molecular complexity index is 304. The zero-order chi connectivity index (χ0) is 11.8. The third-order valence-corrected chi connectivity index (χ3v) is 3.18. The summed E-state index contributed by atoms with van der Waals surface area (Å²) in [6, 6.07) is 7.35. The summed E-state index contributed by atoms with van der Waals surface area (Å²) in [7, 11) is 0. The average Bonchev–Trinajstić information content (AvgIpc) is 2.26. The fraction of sp³-hybridized carbons (Fsp3) is 0.538. The average molecular weight is 241 g/mol. The fourth-order valence-corrected chi connectivity index (χ4v) is 2.29. The molecule has 0 amide bonds. The summed E-state index contributed by atoms with van der Waals surface area (Å²) in [6.07, 6.45) is 4.16. The fourth-order valence-electron chi connectivity index (χ4n) is 1.77. The van der Waals surface area contributed by atoms with E-state index in [4.69, 9.17) is 0 Å². The van der Waals surface area contributed by atoms with Crippen LogP contribution in [0.3, 0.4) is 0 Å². The number of likely N-dealkylation sites (N-methyl/N-ethyl adjacent to an activating group) is 1. The maximum absolute atomic E-state index is 13.0. The molecule has 0 saturated heterocycles. The lowest BCUT2D eigenvalue weighted by molar-refractivity contribution is 0.512. The molecule has 0 radical (unpaired) electrons. The normalized spacial score (nSPS) is 12.7.